The lowest BCUT2D eigenvalue weighted by atomic mass is 10.1. The lowest BCUT2D eigenvalue weighted by molar-refractivity contribution is -0.166. The predicted octanol–water partition coefficient (Wildman–Crippen LogP) is 19.4. The van der Waals surface area contributed by atoms with Crippen molar-refractivity contribution in [3.63, 3.8) is 0 Å². The van der Waals surface area contributed by atoms with E-state index in [1.54, 1.807) is 0 Å². The molecule has 6 heteroatoms. The molecule has 0 bridgehead atoms. The summed E-state index contributed by atoms with van der Waals surface area (Å²) in [4.78, 5) is 38.2. The van der Waals surface area contributed by atoms with Crippen molar-refractivity contribution in [1.29, 1.82) is 0 Å². The lowest BCUT2D eigenvalue weighted by Crippen LogP contribution is -2.30. The Hall–Kier alpha value is -4.45. The number of carbonyl (C=O) groups is 3. The van der Waals surface area contributed by atoms with E-state index in [0.29, 0.717) is 12.8 Å². The molecule has 0 aromatic carbocycles. The minimum Gasteiger partial charge on any atom is -0.462 e. The van der Waals surface area contributed by atoms with Gasteiger partial charge in [0.1, 0.15) is 13.2 Å². The zero-order valence-electron chi connectivity index (χ0n) is 45.7. The van der Waals surface area contributed by atoms with Crippen LogP contribution in [-0.2, 0) is 28.6 Å². The maximum atomic E-state index is 12.9. The molecule has 0 fully saturated rings. The van der Waals surface area contributed by atoms with Crippen LogP contribution in [0.4, 0.5) is 0 Å². The number of ether oxygens (including phenoxy) is 3. The van der Waals surface area contributed by atoms with E-state index >= 15 is 0 Å². The molecule has 0 amide bonds. The van der Waals surface area contributed by atoms with Crippen LogP contribution in [-0.4, -0.2) is 37.2 Å². The molecule has 1 unspecified atom stereocenters. The standard InChI is InChI=1S/C65H104O6/c1-4-7-10-13-16-19-22-25-28-31-32-35-37-40-43-46-49-52-55-58-64(67)70-61-62(71-65(68)59-56-53-50-47-44-41-38-34-30-27-24-21-18-15-12-9-6-3)60-69-63(66)57-54-51-48-45-42-39-36-33-29-26-23-20-17-14-11-8-5-2/h7,9-10,12,16,18-19,21,25-30,32,35,38,40-41,43,49,52,62H,4-6,8,11,13-15,17,20,22-24,31,33-34,36-37,39,42,44-48,50-51,53-61H2,1-3H3/b10-7-,12-9-,19-16-,21-18-,28-25-,29-26-,30-27-,35-32-,41-38-,43-40-,52-49-. The number of esters is 3. The average molecular weight is 982 g/mol. The Labute approximate surface area is 436 Å². The largest absolute Gasteiger partial charge is 0.462 e. The van der Waals surface area contributed by atoms with E-state index < -0.39 is 6.10 Å². The van der Waals surface area contributed by atoms with Crippen LogP contribution in [0.2, 0.25) is 0 Å². The number of carbonyl (C=O) groups excluding carboxylic acids is 3. The van der Waals surface area contributed by atoms with E-state index in [1.165, 1.54) is 77.0 Å². The van der Waals surface area contributed by atoms with E-state index in [-0.39, 0.29) is 44.0 Å². The third-order valence-corrected chi connectivity index (χ3v) is 11.6. The SMILES string of the molecule is CC/C=C\C/C=C\C/C=C\C/C=C\C/C=C\C/C=C\CCC(=O)OCC(COC(=O)CCCCCCCCC/C=C\CCCCCCCC)OC(=O)CCCCCC/C=C\C/C=C\C/C=C\C/C=C\CC. The van der Waals surface area contributed by atoms with Crippen molar-refractivity contribution in [2.45, 2.75) is 245 Å². The topological polar surface area (TPSA) is 78.9 Å². The Morgan fingerprint density at radius 1 is 0.296 bits per heavy atom. The van der Waals surface area contributed by atoms with E-state index in [0.717, 1.165) is 116 Å². The van der Waals surface area contributed by atoms with Crippen molar-refractivity contribution in [2.75, 3.05) is 13.2 Å². The van der Waals surface area contributed by atoms with Crippen LogP contribution in [0, 0.1) is 0 Å². The quantitative estimate of drug-likeness (QED) is 0.0262. The first-order valence-corrected chi connectivity index (χ1v) is 28.7. The molecule has 0 aliphatic heterocycles. The third kappa shape index (κ3) is 56.3. The summed E-state index contributed by atoms with van der Waals surface area (Å²) in [6.45, 7) is 6.31. The number of allylic oxidation sites excluding steroid dienone is 22. The number of rotatable bonds is 50. The maximum Gasteiger partial charge on any atom is 0.306 e. The van der Waals surface area contributed by atoms with Gasteiger partial charge in [-0.2, -0.15) is 0 Å². The molecule has 6 nitrogen and oxygen atoms in total. The molecular weight excluding hydrogens is 877 g/mol. The van der Waals surface area contributed by atoms with E-state index in [1.807, 2.05) is 12.2 Å². The Morgan fingerprint density at radius 3 is 0.958 bits per heavy atom. The fourth-order valence-corrected chi connectivity index (χ4v) is 7.39. The Balaban J connectivity index is 4.57. The Bertz CT molecular complexity index is 1550. The monoisotopic (exact) mass is 981 g/mol. The van der Waals surface area contributed by atoms with Crippen LogP contribution in [0.5, 0.6) is 0 Å². The van der Waals surface area contributed by atoms with Gasteiger partial charge >= 0.3 is 17.9 Å². The van der Waals surface area contributed by atoms with Crippen molar-refractivity contribution in [1.82, 2.24) is 0 Å². The summed E-state index contributed by atoms with van der Waals surface area (Å²) >= 11 is 0. The van der Waals surface area contributed by atoms with Crippen LogP contribution in [0.25, 0.3) is 0 Å². The zero-order valence-corrected chi connectivity index (χ0v) is 45.7. The van der Waals surface area contributed by atoms with E-state index in [9.17, 15) is 14.4 Å². The summed E-state index contributed by atoms with van der Waals surface area (Å²) in [5.74, 6) is -1.04. The van der Waals surface area contributed by atoms with Crippen molar-refractivity contribution >= 4 is 17.9 Å². The van der Waals surface area contributed by atoms with Gasteiger partial charge in [0.05, 0.1) is 0 Å². The Kier molecular flexibility index (Phi) is 54.5. The molecule has 0 saturated carbocycles. The summed E-state index contributed by atoms with van der Waals surface area (Å²) in [5, 5.41) is 0. The second-order valence-corrected chi connectivity index (χ2v) is 18.4. The van der Waals surface area contributed by atoms with Gasteiger partial charge in [0, 0.05) is 19.3 Å². The summed E-state index contributed by atoms with van der Waals surface area (Å²) in [5.41, 5.74) is 0. The molecule has 0 heterocycles. The molecule has 0 aromatic rings. The second-order valence-electron chi connectivity index (χ2n) is 18.4. The van der Waals surface area contributed by atoms with Gasteiger partial charge in [-0.25, -0.2) is 0 Å². The Morgan fingerprint density at radius 2 is 0.577 bits per heavy atom. The minimum absolute atomic E-state index is 0.118. The van der Waals surface area contributed by atoms with Gasteiger partial charge in [-0.1, -0.05) is 231 Å². The zero-order chi connectivity index (χ0) is 51.4. The number of hydrogen-bond acceptors (Lipinski definition) is 6. The van der Waals surface area contributed by atoms with Crippen molar-refractivity contribution < 1.29 is 28.6 Å². The third-order valence-electron chi connectivity index (χ3n) is 11.6. The second kappa shape index (κ2) is 58.1. The highest BCUT2D eigenvalue weighted by atomic mass is 16.6. The van der Waals surface area contributed by atoms with Crippen molar-refractivity contribution in [2.24, 2.45) is 0 Å². The molecule has 0 radical (unpaired) electrons. The van der Waals surface area contributed by atoms with Crippen molar-refractivity contribution in [3.8, 4) is 0 Å². The molecule has 400 valence electrons. The van der Waals surface area contributed by atoms with Gasteiger partial charge in [-0.15, -0.1) is 0 Å². The molecule has 0 N–H and O–H groups in total. The molecular formula is C65H104O6. The molecule has 71 heavy (non-hydrogen) atoms. The molecule has 0 aliphatic carbocycles. The summed E-state index contributed by atoms with van der Waals surface area (Å²) < 4.78 is 16.8. The molecule has 1 atom stereocenters. The van der Waals surface area contributed by atoms with Gasteiger partial charge < -0.3 is 14.2 Å². The highest BCUT2D eigenvalue weighted by Crippen LogP contribution is 2.13. The van der Waals surface area contributed by atoms with E-state index in [2.05, 4.69) is 142 Å². The fourth-order valence-electron chi connectivity index (χ4n) is 7.39. The van der Waals surface area contributed by atoms with Crippen LogP contribution >= 0.6 is 0 Å². The lowest BCUT2D eigenvalue weighted by Gasteiger charge is -2.18. The number of unbranched alkanes of at least 4 members (excludes halogenated alkanes) is 17. The summed E-state index contributed by atoms with van der Waals surface area (Å²) in [6.07, 6.45) is 81.6. The number of hydrogen-bond donors (Lipinski definition) is 0. The normalized spacial score (nSPS) is 13.1. The van der Waals surface area contributed by atoms with Gasteiger partial charge in [0.2, 0.25) is 0 Å². The van der Waals surface area contributed by atoms with E-state index in [4.69, 9.17) is 14.2 Å². The molecule has 0 spiro atoms. The first-order valence-electron chi connectivity index (χ1n) is 28.7. The highest BCUT2D eigenvalue weighted by Gasteiger charge is 2.19. The van der Waals surface area contributed by atoms with Gasteiger partial charge in [-0.3, -0.25) is 14.4 Å². The van der Waals surface area contributed by atoms with Crippen LogP contribution in [0.15, 0.2) is 134 Å². The highest BCUT2D eigenvalue weighted by molar-refractivity contribution is 5.71. The predicted molar refractivity (Wildman–Crippen MR) is 306 cm³/mol. The maximum absolute atomic E-state index is 12.9. The van der Waals surface area contributed by atoms with Crippen LogP contribution in [0.3, 0.4) is 0 Å². The molecule has 0 saturated heterocycles. The first kappa shape index (κ1) is 66.6. The molecule has 0 rings (SSSR count). The molecule has 0 aliphatic rings. The summed E-state index contributed by atoms with van der Waals surface area (Å²) in [6, 6.07) is 0. The smallest absolute Gasteiger partial charge is 0.306 e. The summed E-state index contributed by atoms with van der Waals surface area (Å²) in [7, 11) is 0. The van der Waals surface area contributed by atoms with Gasteiger partial charge in [-0.05, 0) is 122 Å². The van der Waals surface area contributed by atoms with Crippen LogP contribution in [0.1, 0.15) is 239 Å². The minimum atomic E-state index is -0.829. The van der Waals surface area contributed by atoms with Crippen molar-refractivity contribution in [3.05, 3.63) is 134 Å². The van der Waals surface area contributed by atoms with Gasteiger partial charge in [0.25, 0.3) is 0 Å². The average Bonchev–Trinajstić information content (AvgIpc) is 3.37. The fraction of sp³-hybridized carbons (Fsp3) is 0.615. The van der Waals surface area contributed by atoms with Crippen LogP contribution < -0.4 is 0 Å². The molecule has 0 aromatic heterocycles. The first-order chi connectivity index (χ1) is 35.0. The van der Waals surface area contributed by atoms with Gasteiger partial charge in [0.15, 0.2) is 6.10 Å².